The molecule has 0 saturated carbocycles. The lowest BCUT2D eigenvalue weighted by molar-refractivity contribution is 0.0793. The molecule has 0 aliphatic heterocycles. The van der Waals surface area contributed by atoms with Gasteiger partial charge in [-0.3, -0.25) is 4.79 Å². The molecule has 0 aliphatic rings. The first kappa shape index (κ1) is 13.5. The second-order valence-electron chi connectivity index (χ2n) is 4.14. The van der Waals surface area contributed by atoms with Gasteiger partial charge in [-0.15, -0.1) is 0 Å². The van der Waals surface area contributed by atoms with E-state index in [-0.39, 0.29) is 0 Å². The van der Waals surface area contributed by atoms with Gasteiger partial charge in [-0.25, -0.2) is 4.98 Å². The van der Waals surface area contributed by atoms with Crippen LogP contribution < -0.4 is 5.32 Å². The summed E-state index contributed by atoms with van der Waals surface area (Å²) in [6.07, 6.45) is 0.101. The summed E-state index contributed by atoms with van der Waals surface area (Å²) in [5, 5.41) is 12.9. The van der Waals surface area contributed by atoms with Crippen molar-refractivity contribution in [3.05, 3.63) is 58.7 Å². The average Bonchev–Trinajstić information content (AvgIpc) is 2.41. The fourth-order valence-corrected chi connectivity index (χ4v) is 1.65. The summed E-state index contributed by atoms with van der Waals surface area (Å²) in [7, 11) is 0. The molecule has 2 rings (SSSR count). The number of hydrogen-bond donors (Lipinski definition) is 2. The van der Waals surface area contributed by atoms with E-state index in [2.05, 4.69) is 10.3 Å². The van der Waals surface area contributed by atoms with Crippen LogP contribution in [0.3, 0.4) is 0 Å². The fraction of sp³-hybridized carbons (Fsp3) is 0.143. The first-order chi connectivity index (χ1) is 9.06. The minimum atomic E-state index is -1.34. The fourth-order valence-electron chi connectivity index (χ4n) is 1.54. The van der Waals surface area contributed by atoms with Gasteiger partial charge in [0, 0.05) is 11.8 Å². The molecule has 1 unspecified atom stereocenters. The number of rotatable bonds is 4. The number of carbonyl (C=O) groups excluding carboxylic acids is 1. The van der Waals surface area contributed by atoms with Crippen LogP contribution in [0.2, 0.25) is 5.02 Å². The van der Waals surface area contributed by atoms with E-state index >= 15 is 0 Å². The second-order valence-corrected chi connectivity index (χ2v) is 4.58. The zero-order valence-electron chi connectivity index (χ0n) is 10.3. The molecule has 4 nitrogen and oxygen atoms in total. The summed E-state index contributed by atoms with van der Waals surface area (Å²) < 4.78 is 0. The molecule has 0 radical (unpaired) electrons. The molecule has 2 N–H and O–H groups in total. The monoisotopic (exact) mass is 276 g/mol. The molecule has 0 bridgehead atoms. The third-order valence-electron chi connectivity index (χ3n) is 2.60. The molecule has 1 aromatic carbocycles. The molecule has 5 heteroatoms. The summed E-state index contributed by atoms with van der Waals surface area (Å²) in [6, 6.07) is 10.2. The first-order valence-corrected chi connectivity index (χ1v) is 6.11. The number of nitrogens with zero attached hydrogens (tertiary/aromatic N) is 1. The molecule has 98 valence electrons. The smallest absolute Gasteiger partial charge is 0.211 e. The number of nitrogens with one attached hydrogen (secondary N) is 1. The third kappa shape index (κ3) is 3.53. The van der Waals surface area contributed by atoms with Crippen molar-refractivity contribution in [1.82, 2.24) is 4.98 Å². The first-order valence-electron chi connectivity index (χ1n) is 5.73. The molecule has 1 heterocycles. The molecule has 0 aliphatic carbocycles. The highest BCUT2D eigenvalue weighted by Crippen LogP contribution is 2.12. The van der Waals surface area contributed by atoms with Crippen LogP contribution in [0.1, 0.15) is 15.9 Å². The van der Waals surface area contributed by atoms with Crippen molar-refractivity contribution in [2.45, 2.75) is 13.2 Å². The van der Waals surface area contributed by atoms with Crippen molar-refractivity contribution in [3.63, 3.8) is 0 Å². The average molecular weight is 277 g/mol. The number of Topliss-reactive ketones (excluding diaryl/α,β-unsaturated/α-hetero) is 1. The van der Waals surface area contributed by atoms with Crippen LogP contribution in [-0.4, -0.2) is 22.1 Å². The number of aromatic nitrogens is 1. The van der Waals surface area contributed by atoms with E-state index < -0.39 is 12.0 Å². The molecular formula is C14H13ClN2O2. The number of hydrogen-bond acceptors (Lipinski definition) is 4. The maximum Gasteiger partial charge on any atom is 0.211 e. The van der Waals surface area contributed by atoms with Crippen LogP contribution >= 0.6 is 11.6 Å². The molecular weight excluding hydrogens is 264 g/mol. The van der Waals surface area contributed by atoms with E-state index in [0.717, 1.165) is 5.56 Å². The highest BCUT2D eigenvalue weighted by Gasteiger charge is 2.17. The summed E-state index contributed by atoms with van der Waals surface area (Å²) in [6.45, 7) is 1.93. The van der Waals surface area contributed by atoms with Gasteiger partial charge in [0.1, 0.15) is 5.82 Å². The highest BCUT2D eigenvalue weighted by molar-refractivity contribution is 6.30. The van der Waals surface area contributed by atoms with Gasteiger partial charge < -0.3 is 10.4 Å². The van der Waals surface area contributed by atoms with Crippen molar-refractivity contribution in [2.24, 2.45) is 0 Å². The van der Waals surface area contributed by atoms with Gasteiger partial charge in [0.2, 0.25) is 5.78 Å². The van der Waals surface area contributed by atoms with Crippen LogP contribution in [0.25, 0.3) is 0 Å². The van der Waals surface area contributed by atoms with Gasteiger partial charge in [-0.05, 0) is 19.1 Å². The number of halogens is 1. The van der Waals surface area contributed by atoms with Crippen LogP contribution in [0.4, 0.5) is 5.82 Å². The third-order valence-corrected chi connectivity index (χ3v) is 2.82. The quantitative estimate of drug-likeness (QED) is 0.666. The molecule has 0 amide bonds. The largest absolute Gasteiger partial charge is 0.367 e. The molecule has 0 fully saturated rings. The Morgan fingerprint density at radius 1 is 1.26 bits per heavy atom. The Hall–Kier alpha value is -1.91. The molecule has 1 atom stereocenters. The summed E-state index contributed by atoms with van der Waals surface area (Å²) in [5.74, 6) is -0.0193. The second kappa shape index (κ2) is 5.82. The molecule has 0 spiro atoms. The number of benzene rings is 1. The predicted octanol–water partition coefficient (Wildman–Crippen LogP) is 2.66. The minimum absolute atomic E-state index is 0.386. The van der Waals surface area contributed by atoms with Gasteiger partial charge in [-0.1, -0.05) is 41.4 Å². The lowest BCUT2D eigenvalue weighted by Crippen LogP contribution is -2.29. The van der Waals surface area contributed by atoms with E-state index in [9.17, 15) is 9.90 Å². The van der Waals surface area contributed by atoms with E-state index in [4.69, 9.17) is 11.6 Å². The van der Waals surface area contributed by atoms with E-state index in [0.29, 0.717) is 16.4 Å². The summed E-state index contributed by atoms with van der Waals surface area (Å²) in [5.41, 5.74) is 1.50. The van der Waals surface area contributed by atoms with Crippen LogP contribution in [-0.2, 0) is 0 Å². The number of anilines is 1. The van der Waals surface area contributed by atoms with Crippen molar-refractivity contribution >= 4 is 23.2 Å². The molecule has 0 saturated heterocycles. The van der Waals surface area contributed by atoms with Crippen LogP contribution in [0, 0.1) is 6.92 Å². The van der Waals surface area contributed by atoms with Gasteiger partial charge >= 0.3 is 0 Å². The van der Waals surface area contributed by atoms with E-state index in [1.54, 1.807) is 24.3 Å². The maximum absolute atomic E-state index is 12.0. The van der Waals surface area contributed by atoms with Gasteiger partial charge in [0.25, 0.3) is 0 Å². The Bertz CT molecular complexity index is 567. The number of ketones is 1. The van der Waals surface area contributed by atoms with Gasteiger partial charge in [0.05, 0.1) is 5.02 Å². The van der Waals surface area contributed by atoms with E-state index in [1.807, 2.05) is 19.1 Å². The lowest BCUT2D eigenvalue weighted by atomic mass is 10.1. The Balaban J connectivity index is 2.07. The van der Waals surface area contributed by atoms with Crippen molar-refractivity contribution in [1.29, 1.82) is 0 Å². The number of pyridine rings is 1. The van der Waals surface area contributed by atoms with E-state index in [1.165, 1.54) is 6.20 Å². The number of carbonyl (C=O) groups is 1. The topological polar surface area (TPSA) is 62.2 Å². The Labute approximate surface area is 116 Å². The number of aliphatic hydroxyl groups is 1. The minimum Gasteiger partial charge on any atom is -0.367 e. The Morgan fingerprint density at radius 2 is 1.95 bits per heavy atom. The Morgan fingerprint density at radius 3 is 2.53 bits per heavy atom. The van der Waals surface area contributed by atoms with Crippen LogP contribution in [0.5, 0.6) is 0 Å². The Kier molecular flexibility index (Phi) is 4.14. The van der Waals surface area contributed by atoms with Crippen molar-refractivity contribution < 1.29 is 9.90 Å². The van der Waals surface area contributed by atoms with Crippen LogP contribution in [0.15, 0.2) is 42.6 Å². The molecule has 1 aromatic heterocycles. The standard InChI is InChI=1S/C14H13ClN2O2/c1-9-2-4-10(5-3-9)13(18)14(19)17-12-7-6-11(15)8-16-12/h2-8,14,19H,1H3,(H,16,17). The number of aliphatic hydroxyl groups excluding tert-OH is 1. The summed E-state index contributed by atoms with van der Waals surface area (Å²) >= 11 is 5.70. The van der Waals surface area contributed by atoms with Crippen molar-refractivity contribution in [3.8, 4) is 0 Å². The van der Waals surface area contributed by atoms with Gasteiger partial charge in [-0.2, -0.15) is 0 Å². The predicted molar refractivity (Wildman–Crippen MR) is 74.4 cm³/mol. The van der Waals surface area contributed by atoms with Gasteiger partial charge in [0.15, 0.2) is 6.23 Å². The SMILES string of the molecule is Cc1ccc(C(=O)C(O)Nc2ccc(Cl)cn2)cc1. The summed E-state index contributed by atoms with van der Waals surface area (Å²) in [4.78, 5) is 15.9. The zero-order chi connectivity index (χ0) is 13.8. The highest BCUT2D eigenvalue weighted by atomic mass is 35.5. The zero-order valence-corrected chi connectivity index (χ0v) is 11.1. The molecule has 2 aromatic rings. The number of aryl methyl sites for hydroxylation is 1. The normalized spacial score (nSPS) is 11.9. The molecule has 19 heavy (non-hydrogen) atoms. The van der Waals surface area contributed by atoms with Crippen molar-refractivity contribution in [2.75, 3.05) is 5.32 Å². The maximum atomic E-state index is 12.0. The lowest BCUT2D eigenvalue weighted by Gasteiger charge is -2.12.